The molecule has 0 aliphatic heterocycles. The van der Waals surface area contributed by atoms with Gasteiger partial charge in [-0.2, -0.15) is 0 Å². The molecule has 0 fully saturated rings. The molecule has 1 aromatic carbocycles. The molecule has 10 nitrogen and oxygen atoms in total. The summed E-state index contributed by atoms with van der Waals surface area (Å²) in [6, 6.07) is 6.46. The van der Waals surface area contributed by atoms with Crippen molar-refractivity contribution >= 4 is 11.2 Å². The Hall–Kier alpha value is -4.23. The molecule has 164 valence electrons. The summed E-state index contributed by atoms with van der Waals surface area (Å²) >= 11 is 0. The van der Waals surface area contributed by atoms with Crippen LogP contribution in [0.3, 0.4) is 0 Å². The molecule has 3 aromatic heterocycles. The molecule has 32 heavy (non-hydrogen) atoms. The molecule has 1 N–H and O–H groups in total. The largest absolute Gasteiger partial charge is 0.493 e. The zero-order valence-corrected chi connectivity index (χ0v) is 17.7. The van der Waals surface area contributed by atoms with E-state index in [2.05, 4.69) is 21.7 Å². The van der Waals surface area contributed by atoms with Crippen molar-refractivity contribution in [1.82, 2.24) is 18.7 Å². The van der Waals surface area contributed by atoms with Gasteiger partial charge in [-0.15, -0.1) is 0 Å². The van der Waals surface area contributed by atoms with E-state index in [1.165, 1.54) is 30.3 Å². The number of methoxy groups -OCH3 is 1. The summed E-state index contributed by atoms with van der Waals surface area (Å²) < 4.78 is 14.4. The third-order valence-electron chi connectivity index (χ3n) is 5.06. The Labute approximate surface area is 181 Å². The molecule has 0 bridgehead atoms. The van der Waals surface area contributed by atoms with Crippen molar-refractivity contribution in [2.75, 3.05) is 7.11 Å². The molecule has 0 aliphatic carbocycles. The first-order valence-electron chi connectivity index (χ1n) is 9.71. The van der Waals surface area contributed by atoms with Gasteiger partial charge in [-0.3, -0.25) is 13.9 Å². The van der Waals surface area contributed by atoms with E-state index >= 15 is 0 Å². The molecule has 0 radical (unpaired) electrons. The van der Waals surface area contributed by atoms with Crippen molar-refractivity contribution in [2.24, 2.45) is 7.05 Å². The van der Waals surface area contributed by atoms with Crippen LogP contribution in [0.4, 0.5) is 0 Å². The Morgan fingerprint density at radius 2 is 1.97 bits per heavy atom. The first kappa shape index (κ1) is 21.0. The van der Waals surface area contributed by atoms with Gasteiger partial charge in [0.2, 0.25) is 5.75 Å². The summed E-state index contributed by atoms with van der Waals surface area (Å²) in [5, 5.41) is 8.87. The second kappa shape index (κ2) is 8.49. The average Bonchev–Trinajstić information content (AvgIpc) is 3.43. The first-order chi connectivity index (χ1) is 15.5. The van der Waals surface area contributed by atoms with E-state index in [4.69, 9.17) is 14.4 Å². The summed E-state index contributed by atoms with van der Waals surface area (Å²) in [5.41, 5.74) is 0.941. The number of aryl methyl sites for hydroxylation is 2. The lowest BCUT2D eigenvalue weighted by Crippen LogP contribution is -2.40. The number of nitrogens with zero attached hydrogens (tertiary/aromatic N) is 4. The van der Waals surface area contributed by atoms with E-state index in [1.807, 2.05) is 6.92 Å². The fraction of sp³-hybridized carbons (Fsp3) is 0.227. The van der Waals surface area contributed by atoms with E-state index in [-0.39, 0.29) is 23.5 Å². The van der Waals surface area contributed by atoms with E-state index in [1.54, 1.807) is 29.8 Å². The molecular weight excluding hydrogens is 416 g/mol. The Bertz CT molecular complexity index is 1460. The van der Waals surface area contributed by atoms with Gasteiger partial charge >= 0.3 is 5.69 Å². The fourth-order valence-electron chi connectivity index (χ4n) is 3.41. The molecule has 0 saturated carbocycles. The zero-order valence-electron chi connectivity index (χ0n) is 17.7. The van der Waals surface area contributed by atoms with Crippen LogP contribution in [0.2, 0.25) is 0 Å². The minimum absolute atomic E-state index is 0.0926. The first-order valence-corrected chi connectivity index (χ1v) is 9.71. The van der Waals surface area contributed by atoms with Crippen molar-refractivity contribution in [3.63, 3.8) is 0 Å². The van der Waals surface area contributed by atoms with Crippen LogP contribution in [-0.4, -0.2) is 31.1 Å². The fourth-order valence-corrected chi connectivity index (χ4v) is 3.41. The van der Waals surface area contributed by atoms with E-state index in [9.17, 15) is 9.59 Å². The number of hydrogen-bond donors (Lipinski definition) is 1. The average molecular weight is 436 g/mol. The van der Waals surface area contributed by atoms with Crippen LogP contribution in [-0.2, 0) is 20.1 Å². The summed E-state index contributed by atoms with van der Waals surface area (Å²) in [6.07, 6.45) is 2.98. The number of fused-ring (bicyclic) bond motifs is 1. The summed E-state index contributed by atoms with van der Waals surface area (Å²) in [7, 11) is 3.12. The second-order valence-corrected chi connectivity index (χ2v) is 6.92. The van der Waals surface area contributed by atoms with Crippen LogP contribution in [0.1, 0.15) is 23.9 Å². The van der Waals surface area contributed by atoms with Gasteiger partial charge in [0.1, 0.15) is 0 Å². The van der Waals surface area contributed by atoms with Gasteiger partial charge < -0.3 is 18.6 Å². The number of benzene rings is 1. The number of imidazole rings is 1. The van der Waals surface area contributed by atoms with Gasteiger partial charge in [0.25, 0.3) is 5.56 Å². The quantitative estimate of drug-likeness (QED) is 0.288. The lowest BCUT2D eigenvalue weighted by Gasteiger charge is -2.09. The standard InChI is InChI=1S/C22H20N4O6/c1-4-25-20-19(21(27)26(22(25)28)12-15-9-10-31-13-15)24(2)18(23-20)8-6-14-5-7-16(32-29)17(11-14)30-3/h5,7,9-11,13,29H,4,12H2,1-3H3. The van der Waals surface area contributed by atoms with Crippen LogP contribution in [0.5, 0.6) is 11.5 Å². The topological polar surface area (TPSA) is 114 Å². The van der Waals surface area contributed by atoms with Gasteiger partial charge in [-0.05, 0) is 37.1 Å². The minimum atomic E-state index is -0.454. The van der Waals surface area contributed by atoms with Crippen LogP contribution in [0.15, 0.2) is 50.8 Å². The molecule has 4 rings (SSSR count). The Morgan fingerprint density at radius 3 is 2.62 bits per heavy atom. The Balaban J connectivity index is 1.85. The van der Waals surface area contributed by atoms with E-state index < -0.39 is 11.2 Å². The van der Waals surface area contributed by atoms with Crippen molar-refractivity contribution < 1.29 is 19.3 Å². The van der Waals surface area contributed by atoms with Crippen LogP contribution in [0.25, 0.3) is 11.2 Å². The van der Waals surface area contributed by atoms with E-state index in [0.29, 0.717) is 29.2 Å². The normalized spacial score (nSPS) is 10.8. The summed E-state index contributed by atoms with van der Waals surface area (Å²) in [5.74, 6) is 6.68. The highest BCUT2D eigenvalue weighted by molar-refractivity contribution is 5.72. The third kappa shape index (κ3) is 3.55. The van der Waals surface area contributed by atoms with Crippen LogP contribution in [0, 0.1) is 11.8 Å². The number of ether oxygens (including phenoxy) is 1. The molecule has 0 aliphatic rings. The van der Waals surface area contributed by atoms with Crippen molar-refractivity contribution in [2.45, 2.75) is 20.0 Å². The molecule has 0 saturated heterocycles. The second-order valence-electron chi connectivity index (χ2n) is 6.92. The maximum atomic E-state index is 13.2. The Morgan fingerprint density at radius 1 is 1.16 bits per heavy atom. The molecule has 0 spiro atoms. The predicted octanol–water partition coefficient (Wildman–Crippen LogP) is 1.82. The minimum Gasteiger partial charge on any atom is -0.493 e. The maximum absolute atomic E-state index is 13.2. The molecule has 0 amide bonds. The number of furan rings is 1. The predicted molar refractivity (Wildman–Crippen MR) is 115 cm³/mol. The van der Waals surface area contributed by atoms with Gasteiger partial charge in [0, 0.05) is 24.7 Å². The highest BCUT2D eigenvalue weighted by Crippen LogP contribution is 2.27. The number of aromatic nitrogens is 4. The van der Waals surface area contributed by atoms with Crippen molar-refractivity contribution in [3.05, 3.63) is 74.6 Å². The molecular formula is C22H20N4O6. The summed E-state index contributed by atoms with van der Waals surface area (Å²) in [6.45, 7) is 2.24. The lowest BCUT2D eigenvalue weighted by atomic mass is 10.2. The molecule has 3 heterocycles. The maximum Gasteiger partial charge on any atom is 0.333 e. The molecule has 4 aromatic rings. The van der Waals surface area contributed by atoms with Crippen LogP contribution >= 0.6 is 0 Å². The molecule has 10 heteroatoms. The highest BCUT2D eigenvalue weighted by atomic mass is 17.1. The summed E-state index contributed by atoms with van der Waals surface area (Å²) in [4.78, 5) is 34.8. The number of rotatable bonds is 5. The number of hydrogen-bond acceptors (Lipinski definition) is 7. The highest BCUT2D eigenvalue weighted by Gasteiger charge is 2.19. The van der Waals surface area contributed by atoms with Crippen molar-refractivity contribution in [1.29, 1.82) is 0 Å². The molecule has 0 unspecified atom stereocenters. The lowest BCUT2D eigenvalue weighted by molar-refractivity contribution is -0.139. The third-order valence-corrected chi connectivity index (χ3v) is 5.06. The van der Waals surface area contributed by atoms with Crippen molar-refractivity contribution in [3.8, 4) is 23.3 Å². The van der Waals surface area contributed by atoms with Gasteiger partial charge in [0.05, 0.1) is 26.2 Å². The SMILES string of the molecule is CCn1c(=O)n(Cc2ccoc2)c(=O)c2c1nc(C#Cc1ccc(OO)c(OC)c1)n2C. The smallest absolute Gasteiger partial charge is 0.333 e. The Kier molecular flexibility index (Phi) is 5.57. The van der Waals surface area contributed by atoms with Crippen LogP contribution < -0.4 is 20.9 Å². The monoisotopic (exact) mass is 436 g/mol. The molecule has 0 atom stereocenters. The van der Waals surface area contributed by atoms with E-state index in [0.717, 1.165) is 4.57 Å². The van der Waals surface area contributed by atoms with Gasteiger partial charge in [-0.1, -0.05) is 5.92 Å². The zero-order chi connectivity index (χ0) is 22.8. The van der Waals surface area contributed by atoms with Gasteiger partial charge in [0.15, 0.2) is 22.7 Å². The van der Waals surface area contributed by atoms with Gasteiger partial charge in [-0.25, -0.2) is 15.0 Å².